The van der Waals surface area contributed by atoms with Crippen LogP contribution in [0, 0.1) is 6.92 Å². The summed E-state index contributed by atoms with van der Waals surface area (Å²) in [6.45, 7) is 1.98. The molecule has 0 bridgehead atoms. The van der Waals surface area contributed by atoms with Crippen LogP contribution in [-0.2, 0) is 0 Å². The lowest BCUT2D eigenvalue weighted by Crippen LogP contribution is -1.72. The normalized spacial score (nSPS) is 10.3. The summed E-state index contributed by atoms with van der Waals surface area (Å²) in [5.41, 5.74) is 2.86. The molecule has 0 amide bonds. The monoisotopic (exact) mass is 165 g/mol. The van der Waals surface area contributed by atoms with Gasteiger partial charge in [0.1, 0.15) is 5.76 Å². The lowest BCUT2D eigenvalue weighted by molar-refractivity contribution is 0.583. The van der Waals surface area contributed by atoms with Gasteiger partial charge in [-0.1, -0.05) is 0 Å². The number of rotatable bonds is 1. The molecule has 0 fully saturated rings. The molecule has 0 aliphatic carbocycles. The van der Waals surface area contributed by atoms with Gasteiger partial charge in [0.25, 0.3) is 0 Å². The SMILES string of the molecule is Cc1ncsc1-c1ccco1. The second-order valence-electron chi connectivity index (χ2n) is 2.24. The van der Waals surface area contributed by atoms with Gasteiger partial charge in [-0.05, 0) is 19.1 Å². The van der Waals surface area contributed by atoms with Gasteiger partial charge >= 0.3 is 0 Å². The van der Waals surface area contributed by atoms with Gasteiger partial charge in [-0.3, -0.25) is 0 Å². The van der Waals surface area contributed by atoms with Gasteiger partial charge in [0.15, 0.2) is 0 Å². The second kappa shape index (κ2) is 2.51. The van der Waals surface area contributed by atoms with Crippen molar-refractivity contribution in [3.05, 3.63) is 29.6 Å². The van der Waals surface area contributed by atoms with Crippen LogP contribution in [0.2, 0.25) is 0 Å². The second-order valence-corrected chi connectivity index (χ2v) is 3.10. The molecule has 3 heteroatoms. The molecule has 0 radical (unpaired) electrons. The minimum Gasteiger partial charge on any atom is -0.463 e. The number of aromatic nitrogens is 1. The third kappa shape index (κ3) is 1.07. The lowest BCUT2D eigenvalue weighted by atomic mass is 10.3. The van der Waals surface area contributed by atoms with Crippen LogP contribution < -0.4 is 0 Å². The Morgan fingerprint density at radius 3 is 3.00 bits per heavy atom. The van der Waals surface area contributed by atoms with Crippen molar-refractivity contribution in [1.82, 2.24) is 4.98 Å². The fourth-order valence-corrected chi connectivity index (χ4v) is 1.72. The van der Waals surface area contributed by atoms with E-state index >= 15 is 0 Å². The number of hydrogen-bond acceptors (Lipinski definition) is 3. The zero-order valence-electron chi connectivity index (χ0n) is 6.07. The number of thiazole rings is 1. The van der Waals surface area contributed by atoms with Crippen LogP contribution in [0.1, 0.15) is 5.69 Å². The molecule has 2 aromatic rings. The van der Waals surface area contributed by atoms with E-state index in [1.54, 1.807) is 17.6 Å². The summed E-state index contributed by atoms with van der Waals surface area (Å²) >= 11 is 1.60. The molecule has 0 N–H and O–H groups in total. The van der Waals surface area contributed by atoms with E-state index in [4.69, 9.17) is 4.42 Å². The summed E-state index contributed by atoms with van der Waals surface area (Å²) < 4.78 is 5.23. The Morgan fingerprint density at radius 2 is 2.45 bits per heavy atom. The highest BCUT2D eigenvalue weighted by molar-refractivity contribution is 7.13. The van der Waals surface area contributed by atoms with Gasteiger partial charge < -0.3 is 4.42 Å². The number of furan rings is 1. The first-order chi connectivity index (χ1) is 5.38. The van der Waals surface area contributed by atoms with Crippen molar-refractivity contribution in [3.63, 3.8) is 0 Å². The number of hydrogen-bond donors (Lipinski definition) is 0. The molecule has 0 spiro atoms. The first kappa shape index (κ1) is 6.61. The average molecular weight is 165 g/mol. The molecule has 0 saturated heterocycles. The van der Waals surface area contributed by atoms with E-state index in [1.807, 2.05) is 24.6 Å². The fraction of sp³-hybridized carbons (Fsp3) is 0.125. The van der Waals surface area contributed by atoms with E-state index in [1.165, 1.54) is 0 Å². The van der Waals surface area contributed by atoms with E-state index < -0.39 is 0 Å². The third-order valence-corrected chi connectivity index (χ3v) is 2.43. The van der Waals surface area contributed by atoms with E-state index in [9.17, 15) is 0 Å². The summed E-state index contributed by atoms with van der Waals surface area (Å²) in [5, 5.41) is 0. The van der Waals surface area contributed by atoms with Gasteiger partial charge in [-0.15, -0.1) is 11.3 Å². The molecule has 2 aromatic heterocycles. The summed E-state index contributed by atoms with van der Waals surface area (Å²) in [4.78, 5) is 5.25. The van der Waals surface area contributed by atoms with Crippen LogP contribution in [0.3, 0.4) is 0 Å². The zero-order valence-corrected chi connectivity index (χ0v) is 6.89. The Kier molecular flexibility index (Phi) is 1.51. The molecule has 2 heterocycles. The Bertz CT molecular complexity index is 337. The lowest BCUT2D eigenvalue weighted by Gasteiger charge is -1.89. The van der Waals surface area contributed by atoms with E-state index in [-0.39, 0.29) is 0 Å². The summed E-state index contributed by atoms with van der Waals surface area (Å²) in [7, 11) is 0. The smallest absolute Gasteiger partial charge is 0.145 e. The Labute approximate surface area is 68.5 Å². The van der Waals surface area contributed by atoms with Crippen LogP contribution in [0.25, 0.3) is 10.6 Å². The topological polar surface area (TPSA) is 26.0 Å². The quantitative estimate of drug-likeness (QED) is 0.649. The highest BCUT2D eigenvalue weighted by Crippen LogP contribution is 2.26. The van der Waals surface area contributed by atoms with Crippen LogP contribution in [-0.4, -0.2) is 4.98 Å². The van der Waals surface area contributed by atoms with Crippen molar-refractivity contribution in [1.29, 1.82) is 0 Å². The van der Waals surface area contributed by atoms with Gasteiger partial charge in [0, 0.05) is 0 Å². The van der Waals surface area contributed by atoms with Crippen LogP contribution in [0.5, 0.6) is 0 Å². The van der Waals surface area contributed by atoms with E-state index in [0.29, 0.717) is 0 Å². The van der Waals surface area contributed by atoms with Gasteiger partial charge in [-0.25, -0.2) is 4.98 Å². The van der Waals surface area contributed by atoms with Crippen molar-refractivity contribution in [2.75, 3.05) is 0 Å². The standard InChI is InChI=1S/C8H7NOS/c1-6-8(11-5-9-6)7-3-2-4-10-7/h2-5H,1H3. The van der Waals surface area contributed by atoms with Crippen molar-refractivity contribution >= 4 is 11.3 Å². The van der Waals surface area contributed by atoms with Gasteiger partial charge in [-0.2, -0.15) is 0 Å². The zero-order chi connectivity index (χ0) is 7.68. The molecule has 0 unspecified atom stereocenters. The van der Waals surface area contributed by atoms with Crippen LogP contribution in [0.15, 0.2) is 28.3 Å². The third-order valence-electron chi connectivity index (χ3n) is 1.49. The molecular weight excluding hydrogens is 158 g/mol. The average Bonchev–Trinajstić information content (AvgIpc) is 2.55. The summed E-state index contributed by atoms with van der Waals surface area (Å²) in [6.07, 6.45) is 1.68. The Hall–Kier alpha value is -1.09. The molecule has 56 valence electrons. The van der Waals surface area contributed by atoms with E-state index in [0.717, 1.165) is 16.3 Å². The highest BCUT2D eigenvalue weighted by atomic mass is 32.1. The van der Waals surface area contributed by atoms with Gasteiger partial charge in [0.2, 0.25) is 0 Å². The van der Waals surface area contributed by atoms with Crippen molar-refractivity contribution in [3.8, 4) is 10.6 Å². The molecule has 0 aromatic carbocycles. The Morgan fingerprint density at radius 1 is 1.55 bits per heavy atom. The Balaban J connectivity index is 2.53. The summed E-state index contributed by atoms with van der Waals surface area (Å²) in [6, 6.07) is 3.83. The molecular formula is C8H7NOS. The fourth-order valence-electron chi connectivity index (χ4n) is 0.946. The van der Waals surface area contributed by atoms with Crippen molar-refractivity contribution in [2.45, 2.75) is 6.92 Å². The minimum atomic E-state index is 0.907. The molecule has 2 rings (SSSR count). The molecule has 2 nitrogen and oxygen atoms in total. The molecule has 0 aliphatic rings. The minimum absolute atomic E-state index is 0.907. The maximum absolute atomic E-state index is 5.23. The molecule has 0 aliphatic heterocycles. The van der Waals surface area contributed by atoms with E-state index in [2.05, 4.69) is 4.98 Å². The predicted octanol–water partition coefficient (Wildman–Crippen LogP) is 2.71. The molecule has 0 saturated carbocycles. The van der Waals surface area contributed by atoms with Crippen molar-refractivity contribution in [2.24, 2.45) is 0 Å². The largest absolute Gasteiger partial charge is 0.463 e. The number of nitrogens with zero attached hydrogens (tertiary/aromatic N) is 1. The first-order valence-electron chi connectivity index (χ1n) is 3.32. The first-order valence-corrected chi connectivity index (χ1v) is 4.20. The predicted molar refractivity (Wildman–Crippen MR) is 44.6 cm³/mol. The molecule has 0 atom stereocenters. The maximum atomic E-state index is 5.23. The highest BCUT2D eigenvalue weighted by Gasteiger charge is 2.05. The molecule has 11 heavy (non-hydrogen) atoms. The summed E-state index contributed by atoms with van der Waals surface area (Å²) in [5.74, 6) is 0.907. The number of aryl methyl sites for hydroxylation is 1. The van der Waals surface area contributed by atoms with Crippen LogP contribution in [0.4, 0.5) is 0 Å². The maximum Gasteiger partial charge on any atom is 0.145 e. The van der Waals surface area contributed by atoms with Crippen LogP contribution >= 0.6 is 11.3 Å². The van der Waals surface area contributed by atoms with Crippen molar-refractivity contribution < 1.29 is 4.42 Å². The van der Waals surface area contributed by atoms with Gasteiger partial charge in [0.05, 0.1) is 22.3 Å².